The van der Waals surface area contributed by atoms with Crippen molar-refractivity contribution in [3.05, 3.63) is 35.6 Å². The number of nitrogens with zero attached hydrogens (tertiary/aromatic N) is 1. The van der Waals surface area contributed by atoms with E-state index in [2.05, 4.69) is 0 Å². The van der Waals surface area contributed by atoms with Gasteiger partial charge in [0.1, 0.15) is 5.82 Å². The summed E-state index contributed by atoms with van der Waals surface area (Å²) in [5, 5.41) is 0. The Morgan fingerprint density at radius 1 is 1.56 bits per heavy atom. The number of nitrogens with two attached hydrogens (primary N) is 1. The maximum absolute atomic E-state index is 13.2. The second-order valence-electron chi connectivity index (χ2n) is 3.91. The fraction of sp³-hybridized carbons (Fsp3) is 0.462. The number of hydrogen-bond acceptors (Lipinski definition) is 3. The highest BCUT2D eigenvalue weighted by molar-refractivity contribution is 5.68. The van der Waals surface area contributed by atoms with Gasteiger partial charge in [0.05, 0.1) is 12.6 Å². The van der Waals surface area contributed by atoms with Crippen LogP contribution in [0.3, 0.4) is 0 Å². The minimum absolute atomic E-state index is 0.275. The second kappa shape index (κ2) is 6.96. The van der Waals surface area contributed by atoms with Gasteiger partial charge < -0.3 is 15.4 Å². The van der Waals surface area contributed by atoms with E-state index in [1.54, 1.807) is 19.1 Å². The van der Waals surface area contributed by atoms with Gasteiger partial charge in [0, 0.05) is 13.1 Å². The maximum atomic E-state index is 13.2. The van der Waals surface area contributed by atoms with Crippen LogP contribution in [0.15, 0.2) is 24.3 Å². The molecule has 0 aromatic heterocycles. The van der Waals surface area contributed by atoms with Gasteiger partial charge in [-0.05, 0) is 31.5 Å². The molecule has 0 heterocycles. The number of rotatable bonds is 5. The Bertz CT molecular complexity index is 398. The molecule has 2 N–H and O–H groups in total. The molecule has 0 aliphatic heterocycles. The van der Waals surface area contributed by atoms with Gasteiger partial charge in [-0.25, -0.2) is 9.18 Å². The van der Waals surface area contributed by atoms with Crippen LogP contribution in [0.25, 0.3) is 0 Å². The van der Waals surface area contributed by atoms with Crippen molar-refractivity contribution in [1.82, 2.24) is 4.90 Å². The average molecular weight is 254 g/mol. The summed E-state index contributed by atoms with van der Waals surface area (Å²) in [6, 6.07) is 5.90. The number of amides is 1. The molecule has 0 spiro atoms. The van der Waals surface area contributed by atoms with E-state index < -0.39 is 6.09 Å². The van der Waals surface area contributed by atoms with Gasteiger partial charge >= 0.3 is 6.09 Å². The SMILES string of the molecule is CCOC(=O)N(CCN)[C@@H](C)c1cccc(F)c1. The third kappa shape index (κ3) is 3.70. The van der Waals surface area contributed by atoms with Crippen LogP contribution in [0.5, 0.6) is 0 Å². The molecule has 100 valence electrons. The fourth-order valence-corrected chi connectivity index (χ4v) is 1.73. The smallest absolute Gasteiger partial charge is 0.410 e. The summed E-state index contributed by atoms with van der Waals surface area (Å²) in [7, 11) is 0. The Morgan fingerprint density at radius 3 is 2.83 bits per heavy atom. The lowest BCUT2D eigenvalue weighted by atomic mass is 10.1. The third-order valence-electron chi connectivity index (χ3n) is 2.67. The van der Waals surface area contributed by atoms with Gasteiger partial charge in [0.2, 0.25) is 0 Å². The van der Waals surface area contributed by atoms with Crippen LogP contribution in [-0.2, 0) is 4.74 Å². The summed E-state index contributed by atoms with van der Waals surface area (Å²) in [6.07, 6.45) is -0.431. The van der Waals surface area contributed by atoms with Crippen molar-refractivity contribution >= 4 is 6.09 Å². The summed E-state index contributed by atoms with van der Waals surface area (Å²) in [4.78, 5) is 13.3. The van der Waals surface area contributed by atoms with Crippen molar-refractivity contribution in [3.8, 4) is 0 Å². The van der Waals surface area contributed by atoms with E-state index in [0.717, 1.165) is 5.56 Å². The van der Waals surface area contributed by atoms with Gasteiger partial charge in [0.15, 0.2) is 0 Å². The highest BCUT2D eigenvalue weighted by atomic mass is 19.1. The van der Waals surface area contributed by atoms with E-state index in [4.69, 9.17) is 10.5 Å². The van der Waals surface area contributed by atoms with Crippen LogP contribution in [-0.4, -0.2) is 30.7 Å². The Kier molecular flexibility index (Phi) is 5.58. The first-order valence-electron chi connectivity index (χ1n) is 5.99. The van der Waals surface area contributed by atoms with Crippen molar-refractivity contribution in [2.45, 2.75) is 19.9 Å². The molecule has 0 aliphatic rings. The molecule has 1 amide bonds. The molecule has 1 aromatic carbocycles. The molecule has 0 unspecified atom stereocenters. The monoisotopic (exact) mass is 254 g/mol. The van der Waals surface area contributed by atoms with Gasteiger partial charge in [-0.1, -0.05) is 12.1 Å². The van der Waals surface area contributed by atoms with E-state index in [-0.39, 0.29) is 11.9 Å². The summed E-state index contributed by atoms with van der Waals surface area (Å²) in [6.45, 7) is 4.57. The quantitative estimate of drug-likeness (QED) is 0.877. The lowest BCUT2D eigenvalue weighted by Gasteiger charge is -2.28. The van der Waals surface area contributed by atoms with Crippen LogP contribution in [0, 0.1) is 5.82 Å². The minimum Gasteiger partial charge on any atom is -0.450 e. The number of halogens is 1. The molecular formula is C13H19FN2O2. The summed E-state index contributed by atoms with van der Waals surface area (Å²) >= 11 is 0. The van der Waals surface area contributed by atoms with Crippen molar-refractivity contribution in [1.29, 1.82) is 0 Å². The minimum atomic E-state index is -0.431. The molecular weight excluding hydrogens is 235 g/mol. The Hall–Kier alpha value is -1.62. The molecule has 1 rings (SSSR count). The van der Waals surface area contributed by atoms with E-state index >= 15 is 0 Å². The van der Waals surface area contributed by atoms with E-state index in [1.807, 2.05) is 6.92 Å². The van der Waals surface area contributed by atoms with Gasteiger partial charge in [-0.15, -0.1) is 0 Å². The van der Waals surface area contributed by atoms with Crippen molar-refractivity contribution in [2.24, 2.45) is 5.73 Å². The topological polar surface area (TPSA) is 55.6 Å². The van der Waals surface area contributed by atoms with Crippen molar-refractivity contribution < 1.29 is 13.9 Å². The van der Waals surface area contributed by atoms with Crippen LogP contribution in [0.1, 0.15) is 25.5 Å². The first kappa shape index (κ1) is 14.4. The third-order valence-corrected chi connectivity index (χ3v) is 2.67. The lowest BCUT2D eigenvalue weighted by Crippen LogP contribution is -2.37. The first-order chi connectivity index (χ1) is 8.60. The standard InChI is InChI=1S/C13H19FN2O2/c1-3-18-13(17)16(8-7-15)10(2)11-5-4-6-12(14)9-11/h4-6,9-10H,3,7-8,15H2,1-2H3/t10-/m0/s1. The fourth-order valence-electron chi connectivity index (χ4n) is 1.73. The highest BCUT2D eigenvalue weighted by Crippen LogP contribution is 2.21. The number of carbonyl (C=O) groups is 1. The Labute approximate surface area is 107 Å². The number of carbonyl (C=O) groups excluding carboxylic acids is 1. The number of benzene rings is 1. The van der Waals surface area contributed by atoms with Crippen LogP contribution >= 0.6 is 0 Å². The van der Waals surface area contributed by atoms with Gasteiger partial charge in [-0.2, -0.15) is 0 Å². The van der Waals surface area contributed by atoms with Crippen molar-refractivity contribution in [3.63, 3.8) is 0 Å². The van der Waals surface area contributed by atoms with E-state index in [1.165, 1.54) is 17.0 Å². The predicted octanol–water partition coefficient (Wildman–Crippen LogP) is 2.30. The maximum Gasteiger partial charge on any atom is 0.410 e. The molecule has 0 aliphatic carbocycles. The van der Waals surface area contributed by atoms with Crippen LogP contribution < -0.4 is 5.73 Å². The summed E-state index contributed by atoms with van der Waals surface area (Å²) in [5.41, 5.74) is 6.20. The molecule has 18 heavy (non-hydrogen) atoms. The molecule has 0 saturated carbocycles. The summed E-state index contributed by atoms with van der Waals surface area (Å²) in [5.74, 6) is -0.323. The Balaban J connectivity index is 2.88. The molecule has 5 heteroatoms. The lowest BCUT2D eigenvalue weighted by molar-refractivity contribution is 0.0942. The van der Waals surface area contributed by atoms with E-state index in [9.17, 15) is 9.18 Å². The zero-order chi connectivity index (χ0) is 13.5. The first-order valence-corrected chi connectivity index (χ1v) is 5.99. The number of ether oxygens (including phenoxy) is 1. The molecule has 4 nitrogen and oxygen atoms in total. The molecule has 0 bridgehead atoms. The Morgan fingerprint density at radius 2 is 2.28 bits per heavy atom. The number of hydrogen-bond donors (Lipinski definition) is 1. The van der Waals surface area contributed by atoms with Crippen LogP contribution in [0.2, 0.25) is 0 Å². The molecule has 1 atom stereocenters. The van der Waals surface area contributed by atoms with E-state index in [0.29, 0.717) is 19.7 Å². The predicted molar refractivity (Wildman–Crippen MR) is 67.6 cm³/mol. The summed E-state index contributed by atoms with van der Waals surface area (Å²) < 4.78 is 18.1. The van der Waals surface area contributed by atoms with Crippen molar-refractivity contribution in [2.75, 3.05) is 19.7 Å². The van der Waals surface area contributed by atoms with Gasteiger partial charge in [-0.3, -0.25) is 0 Å². The zero-order valence-corrected chi connectivity index (χ0v) is 10.7. The van der Waals surface area contributed by atoms with Gasteiger partial charge in [0.25, 0.3) is 0 Å². The molecule has 0 saturated heterocycles. The highest BCUT2D eigenvalue weighted by Gasteiger charge is 2.21. The average Bonchev–Trinajstić information content (AvgIpc) is 2.35. The molecule has 0 fully saturated rings. The normalized spacial score (nSPS) is 12.0. The van der Waals surface area contributed by atoms with Crippen LogP contribution in [0.4, 0.5) is 9.18 Å². The second-order valence-corrected chi connectivity index (χ2v) is 3.91. The largest absolute Gasteiger partial charge is 0.450 e. The molecule has 1 aromatic rings. The molecule has 0 radical (unpaired) electrons. The zero-order valence-electron chi connectivity index (χ0n) is 10.7.